The van der Waals surface area contributed by atoms with E-state index in [4.69, 9.17) is 4.74 Å². The lowest BCUT2D eigenvalue weighted by Crippen LogP contribution is -2.36. The molecule has 1 rings (SSSR count). The summed E-state index contributed by atoms with van der Waals surface area (Å²) in [5, 5.41) is 1.12. The van der Waals surface area contributed by atoms with Gasteiger partial charge in [-0.15, -0.1) is 12.4 Å². The fourth-order valence-electron chi connectivity index (χ4n) is 1.11. The molecule has 0 spiro atoms. The van der Waals surface area contributed by atoms with Gasteiger partial charge in [0.25, 0.3) is 0 Å². The molecule has 4 heteroatoms. The highest BCUT2D eigenvalue weighted by molar-refractivity contribution is 9.09. The summed E-state index contributed by atoms with van der Waals surface area (Å²) in [7, 11) is 0. The Kier molecular flexibility index (Phi) is 7.81. The van der Waals surface area contributed by atoms with Crippen molar-refractivity contribution in [1.82, 2.24) is 4.90 Å². The number of hydrogen-bond acceptors (Lipinski definition) is 2. The number of alkyl halides is 1. The Bertz CT molecular complexity index is 88.5. The van der Waals surface area contributed by atoms with Gasteiger partial charge in [0, 0.05) is 18.4 Å². The lowest BCUT2D eigenvalue weighted by Gasteiger charge is -2.25. The first kappa shape index (κ1) is 11.7. The van der Waals surface area contributed by atoms with Crippen molar-refractivity contribution < 1.29 is 4.74 Å². The van der Waals surface area contributed by atoms with Crippen LogP contribution in [-0.2, 0) is 4.74 Å². The van der Waals surface area contributed by atoms with Gasteiger partial charge in [0.15, 0.2) is 0 Å². The Hall–Kier alpha value is 0.690. The number of morpholine rings is 1. The molecule has 0 N–H and O–H groups in total. The second-order valence-corrected chi connectivity index (χ2v) is 3.29. The minimum Gasteiger partial charge on any atom is -0.379 e. The van der Waals surface area contributed by atoms with Crippen LogP contribution in [0.5, 0.6) is 0 Å². The van der Waals surface area contributed by atoms with Crippen LogP contribution < -0.4 is 0 Å². The molecule has 0 amide bonds. The van der Waals surface area contributed by atoms with Gasteiger partial charge in [-0.05, 0) is 13.0 Å². The molecule has 1 aliphatic rings. The predicted octanol–water partition coefficient (Wildman–Crippen LogP) is 1.53. The summed E-state index contributed by atoms with van der Waals surface area (Å²) in [6.45, 7) is 5.29. The van der Waals surface area contributed by atoms with Gasteiger partial charge in [0.05, 0.1) is 13.2 Å². The third kappa shape index (κ3) is 5.01. The molecule has 1 fully saturated rings. The lowest BCUT2D eigenvalue weighted by atomic mass is 10.4. The van der Waals surface area contributed by atoms with Gasteiger partial charge >= 0.3 is 0 Å². The van der Waals surface area contributed by atoms with Gasteiger partial charge in [-0.2, -0.15) is 0 Å². The molecule has 68 valence electrons. The standard InChI is InChI=1S/C7H14BrNO.ClH/c8-2-1-3-9-4-6-10-7-5-9;/h1-7H2;1H. The second-order valence-electron chi connectivity index (χ2n) is 2.50. The van der Waals surface area contributed by atoms with Gasteiger partial charge in [0.2, 0.25) is 0 Å². The van der Waals surface area contributed by atoms with Crippen molar-refractivity contribution in [3.63, 3.8) is 0 Å². The molecule has 1 aliphatic heterocycles. The van der Waals surface area contributed by atoms with Gasteiger partial charge in [0.1, 0.15) is 0 Å². The molecule has 0 atom stereocenters. The maximum Gasteiger partial charge on any atom is 0.0594 e. The maximum absolute atomic E-state index is 5.23. The van der Waals surface area contributed by atoms with E-state index in [-0.39, 0.29) is 12.4 Å². The summed E-state index contributed by atoms with van der Waals surface area (Å²) >= 11 is 3.42. The highest BCUT2D eigenvalue weighted by Gasteiger charge is 2.08. The summed E-state index contributed by atoms with van der Waals surface area (Å²) in [5.41, 5.74) is 0. The van der Waals surface area contributed by atoms with E-state index in [1.165, 1.54) is 13.0 Å². The highest BCUT2D eigenvalue weighted by atomic mass is 79.9. The first-order valence-electron chi connectivity index (χ1n) is 3.79. The lowest BCUT2D eigenvalue weighted by molar-refractivity contribution is 0.0381. The van der Waals surface area contributed by atoms with Crippen molar-refractivity contribution in [1.29, 1.82) is 0 Å². The predicted molar refractivity (Wildman–Crippen MR) is 52.9 cm³/mol. The van der Waals surface area contributed by atoms with E-state index >= 15 is 0 Å². The van der Waals surface area contributed by atoms with Crippen LogP contribution >= 0.6 is 28.3 Å². The molecule has 0 saturated carbocycles. The van der Waals surface area contributed by atoms with Crippen LogP contribution in [0.15, 0.2) is 0 Å². The molecule has 1 saturated heterocycles. The molecule has 0 radical (unpaired) electrons. The van der Waals surface area contributed by atoms with Crippen molar-refractivity contribution >= 4 is 28.3 Å². The average molecular weight is 245 g/mol. The topological polar surface area (TPSA) is 12.5 Å². The fourth-order valence-corrected chi connectivity index (χ4v) is 1.36. The number of hydrogen-bond donors (Lipinski definition) is 0. The van der Waals surface area contributed by atoms with E-state index in [1.807, 2.05) is 0 Å². The maximum atomic E-state index is 5.23. The van der Waals surface area contributed by atoms with Crippen molar-refractivity contribution in [3.8, 4) is 0 Å². The smallest absolute Gasteiger partial charge is 0.0594 e. The Labute approximate surface area is 82.8 Å². The van der Waals surface area contributed by atoms with E-state index in [0.717, 1.165) is 31.6 Å². The third-order valence-corrected chi connectivity index (χ3v) is 2.27. The molecule has 0 aromatic rings. The van der Waals surface area contributed by atoms with Crippen LogP contribution in [0.2, 0.25) is 0 Å². The molecule has 0 aromatic carbocycles. The highest BCUT2D eigenvalue weighted by Crippen LogP contribution is 1.98. The zero-order valence-corrected chi connectivity index (χ0v) is 8.99. The van der Waals surface area contributed by atoms with Crippen LogP contribution in [0.1, 0.15) is 6.42 Å². The third-order valence-electron chi connectivity index (χ3n) is 1.71. The minimum atomic E-state index is 0. The van der Waals surface area contributed by atoms with E-state index in [0.29, 0.717) is 0 Å². The van der Waals surface area contributed by atoms with Crippen LogP contribution in [0.3, 0.4) is 0 Å². The molecule has 0 aliphatic carbocycles. The van der Waals surface area contributed by atoms with Crippen molar-refractivity contribution in [2.45, 2.75) is 6.42 Å². The Morgan fingerprint density at radius 3 is 2.45 bits per heavy atom. The van der Waals surface area contributed by atoms with Gasteiger partial charge in [-0.1, -0.05) is 15.9 Å². The van der Waals surface area contributed by atoms with Crippen molar-refractivity contribution in [3.05, 3.63) is 0 Å². The largest absolute Gasteiger partial charge is 0.379 e. The Balaban J connectivity index is 0.000001000. The Morgan fingerprint density at radius 1 is 1.27 bits per heavy atom. The number of halogens is 2. The summed E-state index contributed by atoms with van der Waals surface area (Å²) in [6.07, 6.45) is 1.25. The van der Waals surface area contributed by atoms with Gasteiger partial charge in [-0.25, -0.2) is 0 Å². The van der Waals surface area contributed by atoms with Gasteiger partial charge in [-0.3, -0.25) is 4.90 Å². The zero-order valence-electron chi connectivity index (χ0n) is 6.59. The molecule has 2 nitrogen and oxygen atoms in total. The minimum absolute atomic E-state index is 0. The monoisotopic (exact) mass is 243 g/mol. The van der Waals surface area contributed by atoms with Crippen molar-refractivity contribution in [2.75, 3.05) is 38.2 Å². The van der Waals surface area contributed by atoms with Crippen LogP contribution in [0, 0.1) is 0 Å². The quantitative estimate of drug-likeness (QED) is 0.698. The van der Waals surface area contributed by atoms with E-state index < -0.39 is 0 Å². The molecule has 0 bridgehead atoms. The summed E-state index contributed by atoms with van der Waals surface area (Å²) in [5.74, 6) is 0. The Morgan fingerprint density at radius 2 is 1.91 bits per heavy atom. The SMILES string of the molecule is BrCCCN1CCOCC1.Cl. The number of nitrogens with zero attached hydrogens (tertiary/aromatic N) is 1. The first-order chi connectivity index (χ1) is 4.93. The molecule has 0 unspecified atom stereocenters. The molecule has 0 aromatic heterocycles. The van der Waals surface area contributed by atoms with Gasteiger partial charge < -0.3 is 4.74 Å². The molecular weight excluding hydrogens is 229 g/mol. The number of ether oxygens (including phenoxy) is 1. The molecular formula is C7H15BrClNO. The normalized spacial score (nSPS) is 19.4. The van der Waals surface area contributed by atoms with Crippen LogP contribution in [0.25, 0.3) is 0 Å². The summed E-state index contributed by atoms with van der Waals surface area (Å²) < 4.78 is 5.23. The average Bonchev–Trinajstić information content (AvgIpc) is 2.03. The van der Waals surface area contributed by atoms with Crippen LogP contribution in [0.4, 0.5) is 0 Å². The van der Waals surface area contributed by atoms with E-state index in [9.17, 15) is 0 Å². The molecule has 1 heterocycles. The summed E-state index contributed by atoms with van der Waals surface area (Å²) in [6, 6.07) is 0. The fraction of sp³-hybridized carbons (Fsp3) is 1.00. The zero-order chi connectivity index (χ0) is 7.23. The second kappa shape index (κ2) is 7.35. The van der Waals surface area contributed by atoms with E-state index in [1.54, 1.807) is 0 Å². The van der Waals surface area contributed by atoms with Crippen molar-refractivity contribution in [2.24, 2.45) is 0 Å². The molecule has 11 heavy (non-hydrogen) atoms. The van der Waals surface area contributed by atoms with E-state index in [2.05, 4.69) is 20.8 Å². The number of rotatable bonds is 3. The first-order valence-corrected chi connectivity index (χ1v) is 4.91. The van der Waals surface area contributed by atoms with Crippen LogP contribution in [-0.4, -0.2) is 43.1 Å². The summed E-state index contributed by atoms with van der Waals surface area (Å²) in [4.78, 5) is 2.45.